The van der Waals surface area contributed by atoms with Crippen LogP contribution in [0.2, 0.25) is 0 Å². The van der Waals surface area contributed by atoms with Crippen molar-refractivity contribution in [1.82, 2.24) is 9.88 Å². The summed E-state index contributed by atoms with van der Waals surface area (Å²) < 4.78 is 6.30. The Morgan fingerprint density at radius 3 is 2.63 bits per heavy atom. The van der Waals surface area contributed by atoms with Gasteiger partial charge < -0.3 is 14.5 Å². The SMILES string of the molecule is Cc1cccnc1C(=O)N1CCC2(CC1)C[C@@H](N(C)c1ccccc1)CO2. The minimum atomic E-state index is -0.0936. The molecule has 0 saturated carbocycles. The third-order valence-electron chi connectivity index (χ3n) is 6.07. The fraction of sp³-hybridized carbons (Fsp3) is 0.455. The molecular weight excluding hydrogens is 338 g/mol. The van der Waals surface area contributed by atoms with Crippen LogP contribution in [0.25, 0.3) is 0 Å². The van der Waals surface area contributed by atoms with E-state index < -0.39 is 0 Å². The number of carbonyl (C=O) groups is 1. The molecule has 1 atom stereocenters. The predicted molar refractivity (Wildman–Crippen MR) is 106 cm³/mol. The van der Waals surface area contributed by atoms with Gasteiger partial charge in [0.1, 0.15) is 5.69 Å². The van der Waals surface area contributed by atoms with Gasteiger partial charge in [-0.1, -0.05) is 24.3 Å². The molecule has 0 radical (unpaired) electrons. The van der Waals surface area contributed by atoms with Crippen LogP contribution in [0, 0.1) is 6.92 Å². The average molecular weight is 365 g/mol. The molecule has 0 N–H and O–H groups in total. The van der Waals surface area contributed by atoms with Gasteiger partial charge in [-0.15, -0.1) is 0 Å². The Balaban J connectivity index is 1.38. The molecule has 2 saturated heterocycles. The van der Waals surface area contributed by atoms with Gasteiger partial charge in [-0.25, -0.2) is 0 Å². The maximum Gasteiger partial charge on any atom is 0.272 e. The van der Waals surface area contributed by atoms with Crippen molar-refractivity contribution in [2.24, 2.45) is 0 Å². The quantitative estimate of drug-likeness (QED) is 0.837. The van der Waals surface area contributed by atoms with E-state index in [4.69, 9.17) is 4.74 Å². The molecule has 0 bridgehead atoms. The van der Waals surface area contributed by atoms with E-state index in [-0.39, 0.29) is 11.5 Å². The van der Waals surface area contributed by atoms with E-state index in [2.05, 4.69) is 41.2 Å². The summed E-state index contributed by atoms with van der Waals surface area (Å²) in [5.74, 6) is 0.0406. The number of likely N-dealkylation sites (N-methyl/N-ethyl adjacent to an activating group) is 1. The van der Waals surface area contributed by atoms with Crippen molar-refractivity contribution in [3.05, 3.63) is 59.9 Å². The van der Waals surface area contributed by atoms with Gasteiger partial charge in [0.15, 0.2) is 0 Å². The summed E-state index contributed by atoms with van der Waals surface area (Å²) in [5.41, 5.74) is 2.64. The van der Waals surface area contributed by atoms with E-state index in [0.717, 1.165) is 44.5 Å². The second kappa shape index (κ2) is 7.31. The number of benzene rings is 1. The molecule has 0 aliphatic carbocycles. The summed E-state index contributed by atoms with van der Waals surface area (Å²) in [6, 6.07) is 14.7. The second-order valence-corrected chi connectivity index (χ2v) is 7.76. The molecule has 2 fully saturated rings. The Hall–Kier alpha value is -2.40. The second-order valence-electron chi connectivity index (χ2n) is 7.76. The van der Waals surface area contributed by atoms with Crippen molar-refractivity contribution in [2.75, 3.05) is 31.6 Å². The highest BCUT2D eigenvalue weighted by Crippen LogP contribution is 2.38. The van der Waals surface area contributed by atoms with Crippen LogP contribution in [0.5, 0.6) is 0 Å². The lowest BCUT2D eigenvalue weighted by atomic mass is 9.87. The molecule has 1 amide bonds. The Kier molecular flexibility index (Phi) is 4.87. The highest BCUT2D eigenvalue weighted by molar-refractivity contribution is 5.93. The molecular formula is C22H27N3O2. The van der Waals surface area contributed by atoms with Crippen molar-refractivity contribution >= 4 is 11.6 Å². The number of piperidine rings is 1. The van der Waals surface area contributed by atoms with E-state index in [1.54, 1.807) is 6.20 Å². The maximum absolute atomic E-state index is 12.8. The lowest BCUT2D eigenvalue weighted by Gasteiger charge is -2.39. The lowest BCUT2D eigenvalue weighted by Crippen LogP contribution is -2.47. The monoisotopic (exact) mass is 365 g/mol. The summed E-state index contributed by atoms with van der Waals surface area (Å²) in [6.45, 7) is 4.15. The molecule has 142 valence electrons. The smallest absolute Gasteiger partial charge is 0.272 e. The Bertz CT molecular complexity index is 800. The Morgan fingerprint density at radius 1 is 1.19 bits per heavy atom. The largest absolute Gasteiger partial charge is 0.373 e. The number of anilines is 1. The van der Waals surface area contributed by atoms with Crippen molar-refractivity contribution in [3.63, 3.8) is 0 Å². The molecule has 5 nitrogen and oxygen atoms in total. The first-order valence-corrected chi connectivity index (χ1v) is 9.71. The summed E-state index contributed by atoms with van der Waals surface area (Å²) in [7, 11) is 2.14. The molecule has 4 rings (SSSR count). The first-order valence-electron chi connectivity index (χ1n) is 9.71. The summed E-state index contributed by atoms with van der Waals surface area (Å²) in [5, 5.41) is 0. The Morgan fingerprint density at radius 2 is 1.93 bits per heavy atom. The number of hydrogen-bond donors (Lipinski definition) is 0. The molecule has 2 aliphatic heterocycles. The zero-order valence-corrected chi connectivity index (χ0v) is 16.1. The molecule has 5 heteroatoms. The minimum absolute atomic E-state index is 0.0406. The fourth-order valence-corrected chi connectivity index (χ4v) is 4.27. The molecule has 2 aliphatic rings. The Labute approximate surface area is 161 Å². The van der Waals surface area contributed by atoms with E-state index >= 15 is 0 Å². The molecule has 27 heavy (non-hydrogen) atoms. The van der Waals surface area contributed by atoms with E-state index in [1.165, 1.54) is 5.69 Å². The van der Waals surface area contributed by atoms with Crippen LogP contribution in [0.1, 0.15) is 35.3 Å². The topological polar surface area (TPSA) is 45.7 Å². The van der Waals surface area contributed by atoms with Gasteiger partial charge in [0.2, 0.25) is 0 Å². The van der Waals surface area contributed by atoms with Crippen LogP contribution >= 0.6 is 0 Å². The first kappa shape index (κ1) is 18.0. The molecule has 0 unspecified atom stereocenters. The van der Waals surface area contributed by atoms with Gasteiger partial charge in [0.25, 0.3) is 5.91 Å². The van der Waals surface area contributed by atoms with E-state index in [0.29, 0.717) is 11.7 Å². The van der Waals surface area contributed by atoms with Crippen molar-refractivity contribution in [2.45, 2.75) is 37.8 Å². The number of rotatable bonds is 3. The predicted octanol–water partition coefficient (Wildman–Crippen LogP) is 3.29. The number of carbonyl (C=O) groups excluding carboxylic acids is 1. The first-order chi connectivity index (χ1) is 13.1. The molecule has 1 aromatic carbocycles. The average Bonchev–Trinajstić information content (AvgIpc) is 3.12. The standard InChI is InChI=1S/C22H27N3O2/c1-17-7-6-12-23-20(17)21(26)25-13-10-22(11-14-25)15-19(16-27-22)24(2)18-8-4-3-5-9-18/h3-9,12,19H,10-11,13-16H2,1-2H3/t19-/m1/s1. The fourth-order valence-electron chi connectivity index (χ4n) is 4.27. The lowest BCUT2D eigenvalue weighted by molar-refractivity contribution is -0.0389. The molecule has 1 aromatic heterocycles. The number of nitrogens with zero attached hydrogens (tertiary/aromatic N) is 3. The van der Waals surface area contributed by atoms with E-state index in [1.807, 2.05) is 30.0 Å². The number of pyridine rings is 1. The van der Waals surface area contributed by atoms with Crippen LogP contribution in [-0.4, -0.2) is 54.2 Å². The van der Waals surface area contributed by atoms with Crippen molar-refractivity contribution in [3.8, 4) is 0 Å². The van der Waals surface area contributed by atoms with Gasteiger partial charge in [-0.2, -0.15) is 0 Å². The van der Waals surface area contributed by atoms with Gasteiger partial charge >= 0.3 is 0 Å². The summed E-state index contributed by atoms with van der Waals surface area (Å²) >= 11 is 0. The molecule has 1 spiro atoms. The van der Waals surface area contributed by atoms with Crippen LogP contribution in [0.4, 0.5) is 5.69 Å². The van der Waals surface area contributed by atoms with Gasteiger partial charge in [0.05, 0.1) is 18.2 Å². The normalized spacial score (nSPS) is 21.4. The third-order valence-corrected chi connectivity index (χ3v) is 6.07. The molecule has 3 heterocycles. The number of aryl methyl sites for hydroxylation is 1. The number of hydrogen-bond acceptors (Lipinski definition) is 4. The zero-order chi connectivity index (χ0) is 18.9. The third kappa shape index (κ3) is 3.56. The van der Waals surface area contributed by atoms with Crippen molar-refractivity contribution < 1.29 is 9.53 Å². The maximum atomic E-state index is 12.8. The number of ether oxygens (including phenoxy) is 1. The molecule has 2 aromatic rings. The number of aromatic nitrogens is 1. The summed E-state index contributed by atoms with van der Waals surface area (Å²) in [6.07, 6.45) is 4.49. The number of likely N-dealkylation sites (tertiary alicyclic amines) is 1. The van der Waals surface area contributed by atoms with Gasteiger partial charge in [-0.3, -0.25) is 9.78 Å². The minimum Gasteiger partial charge on any atom is -0.373 e. The van der Waals surface area contributed by atoms with Gasteiger partial charge in [-0.05, 0) is 49.9 Å². The number of para-hydroxylation sites is 1. The van der Waals surface area contributed by atoms with Crippen molar-refractivity contribution in [1.29, 1.82) is 0 Å². The summed E-state index contributed by atoms with van der Waals surface area (Å²) in [4.78, 5) is 21.3. The highest BCUT2D eigenvalue weighted by Gasteiger charge is 2.44. The van der Waals surface area contributed by atoms with Gasteiger partial charge in [0, 0.05) is 32.0 Å². The van der Waals surface area contributed by atoms with Crippen LogP contribution in [-0.2, 0) is 4.74 Å². The highest BCUT2D eigenvalue weighted by atomic mass is 16.5. The van der Waals surface area contributed by atoms with E-state index in [9.17, 15) is 4.79 Å². The number of amides is 1. The zero-order valence-electron chi connectivity index (χ0n) is 16.1. The van der Waals surface area contributed by atoms with Crippen LogP contribution in [0.3, 0.4) is 0 Å². The van der Waals surface area contributed by atoms with Crippen LogP contribution < -0.4 is 4.90 Å². The van der Waals surface area contributed by atoms with Crippen LogP contribution in [0.15, 0.2) is 48.7 Å².